The van der Waals surface area contributed by atoms with Crippen LogP contribution in [-0.4, -0.2) is 14.8 Å². The number of aromatic nitrogens is 3. The third-order valence-electron chi connectivity index (χ3n) is 3.00. The molecule has 0 unspecified atom stereocenters. The Morgan fingerprint density at radius 3 is 2.74 bits per heavy atom. The molecule has 4 nitrogen and oxygen atoms in total. The Kier molecular flexibility index (Phi) is 4.71. The molecule has 2 rings (SSSR count). The van der Waals surface area contributed by atoms with Crippen molar-refractivity contribution < 1.29 is 0 Å². The molecule has 0 fully saturated rings. The molecule has 2 aromatic heterocycles. The lowest BCUT2D eigenvalue weighted by atomic mass is 10.3. The molecule has 0 saturated carbocycles. The van der Waals surface area contributed by atoms with Crippen LogP contribution in [0.4, 0.5) is 0 Å². The maximum Gasteiger partial charge on any atom is 0.0739 e. The second kappa shape index (κ2) is 6.30. The van der Waals surface area contributed by atoms with E-state index < -0.39 is 0 Å². The van der Waals surface area contributed by atoms with E-state index in [1.165, 1.54) is 5.69 Å². The van der Waals surface area contributed by atoms with Crippen molar-refractivity contribution in [2.24, 2.45) is 0 Å². The van der Waals surface area contributed by atoms with Crippen LogP contribution in [0, 0.1) is 13.8 Å². The van der Waals surface area contributed by atoms with E-state index in [-0.39, 0.29) is 0 Å². The van der Waals surface area contributed by atoms with Gasteiger partial charge in [-0.2, -0.15) is 5.10 Å². The van der Waals surface area contributed by atoms with Gasteiger partial charge < -0.3 is 5.32 Å². The lowest BCUT2D eigenvalue weighted by molar-refractivity contribution is 0.575. The number of pyridine rings is 1. The molecule has 0 atom stereocenters. The third kappa shape index (κ3) is 3.42. The van der Waals surface area contributed by atoms with Crippen molar-refractivity contribution in [3.63, 3.8) is 0 Å². The van der Waals surface area contributed by atoms with Gasteiger partial charge >= 0.3 is 0 Å². The molecule has 0 spiro atoms. The Morgan fingerprint density at radius 1 is 1.26 bits per heavy atom. The Bertz CT molecular complexity index is 563. The standard InChI is InChI=1S/C14H19BrN4/c1-4-19-13(14(15)11(3)18-19)9-16-8-12-7-5-6-10(2)17-12/h5-7,16H,4,8-9H2,1-3H3. The largest absolute Gasteiger partial charge is 0.305 e. The second-order valence-electron chi connectivity index (χ2n) is 4.54. The summed E-state index contributed by atoms with van der Waals surface area (Å²) in [6.45, 7) is 8.56. The van der Waals surface area contributed by atoms with Crippen molar-refractivity contribution in [1.29, 1.82) is 0 Å². The summed E-state index contributed by atoms with van der Waals surface area (Å²) in [5.74, 6) is 0. The highest BCUT2D eigenvalue weighted by Gasteiger charge is 2.11. The molecule has 0 amide bonds. The number of halogens is 1. The zero-order valence-corrected chi connectivity index (χ0v) is 13.2. The van der Waals surface area contributed by atoms with Gasteiger partial charge in [0.15, 0.2) is 0 Å². The Morgan fingerprint density at radius 2 is 2.05 bits per heavy atom. The normalized spacial score (nSPS) is 10.9. The molecule has 19 heavy (non-hydrogen) atoms. The highest BCUT2D eigenvalue weighted by molar-refractivity contribution is 9.10. The molecular formula is C14H19BrN4. The molecule has 2 heterocycles. The van der Waals surface area contributed by atoms with Crippen LogP contribution in [0.25, 0.3) is 0 Å². The maximum atomic E-state index is 4.48. The first kappa shape index (κ1) is 14.2. The predicted octanol–water partition coefficient (Wildman–Crippen LogP) is 2.97. The minimum atomic E-state index is 0.766. The van der Waals surface area contributed by atoms with Crippen molar-refractivity contribution >= 4 is 15.9 Å². The molecule has 102 valence electrons. The molecule has 0 aliphatic carbocycles. The quantitative estimate of drug-likeness (QED) is 0.920. The predicted molar refractivity (Wildman–Crippen MR) is 79.9 cm³/mol. The van der Waals surface area contributed by atoms with E-state index in [1.54, 1.807) is 0 Å². The number of hydrogen-bond acceptors (Lipinski definition) is 3. The van der Waals surface area contributed by atoms with E-state index in [9.17, 15) is 0 Å². The van der Waals surface area contributed by atoms with E-state index in [4.69, 9.17) is 0 Å². The lowest BCUT2D eigenvalue weighted by Gasteiger charge is -2.07. The molecule has 0 radical (unpaired) electrons. The first-order valence-corrected chi connectivity index (χ1v) is 7.26. The highest BCUT2D eigenvalue weighted by Crippen LogP contribution is 2.20. The summed E-state index contributed by atoms with van der Waals surface area (Å²) in [7, 11) is 0. The average Bonchev–Trinajstić information content (AvgIpc) is 2.66. The number of aryl methyl sites for hydroxylation is 3. The van der Waals surface area contributed by atoms with E-state index >= 15 is 0 Å². The summed E-state index contributed by atoms with van der Waals surface area (Å²) in [6, 6.07) is 6.09. The first-order valence-electron chi connectivity index (χ1n) is 6.46. The van der Waals surface area contributed by atoms with Gasteiger partial charge in [0.2, 0.25) is 0 Å². The summed E-state index contributed by atoms with van der Waals surface area (Å²) < 4.78 is 3.12. The van der Waals surface area contributed by atoms with Crippen molar-refractivity contribution in [3.05, 3.63) is 45.4 Å². The average molecular weight is 323 g/mol. The van der Waals surface area contributed by atoms with Crippen LogP contribution in [-0.2, 0) is 19.6 Å². The number of nitrogens with one attached hydrogen (secondary N) is 1. The summed E-state index contributed by atoms with van der Waals surface area (Å²) in [6.07, 6.45) is 0. The van der Waals surface area contributed by atoms with Crippen LogP contribution < -0.4 is 5.32 Å². The smallest absolute Gasteiger partial charge is 0.0739 e. The fraction of sp³-hybridized carbons (Fsp3) is 0.429. The highest BCUT2D eigenvalue weighted by atomic mass is 79.9. The number of nitrogens with zero attached hydrogens (tertiary/aromatic N) is 3. The molecule has 0 bridgehead atoms. The molecule has 0 saturated heterocycles. The van der Waals surface area contributed by atoms with Gasteiger partial charge in [-0.3, -0.25) is 9.67 Å². The molecule has 1 N–H and O–H groups in total. The SMILES string of the molecule is CCn1nc(C)c(Br)c1CNCc1cccc(C)n1. The third-order valence-corrected chi connectivity index (χ3v) is 4.03. The van der Waals surface area contributed by atoms with Crippen LogP contribution in [0.5, 0.6) is 0 Å². The van der Waals surface area contributed by atoms with Crippen LogP contribution >= 0.6 is 15.9 Å². The van der Waals surface area contributed by atoms with Crippen LogP contribution in [0.3, 0.4) is 0 Å². The first-order chi connectivity index (χ1) is 9.11. The van der Waals surface area contributed by atoms with E-state index in [0.717, 1.165) is 41.2 Å². The van der Waals surface area contributed by atoms with Crippen molar-refractivity contribution in [3.8, 4) is 0 Å². The fourth-order valence-corrected chi connectivity index (χ4v) is 2.47. The van der Waals surface area contributed by atoms with Crippen LogP contribution in [0.15, 0.2) is 22.7 Å². The molecule has 5 heteroatoms. The van der Waals surface area contributed by atoms with Crippen LogP contribution in [0.1, 0.15) is 29.7 Å². The minimum Gasteiger partial charge on any atom is -0.305 e. The summed E-state index contributed by atoms with van der Waals surface area (Å²) >= 11 is 3.60. The Labute approximate surface area is 122 Å². The summed E-state index contributed by atoms with van der Waals surface area (Å²) in [5.41, 5.74) is 4.34. The zero-order valence-electron chi connectivity index (χ0n) is 11.6. The maximum absolute atomic E-state index is 4.48. The summed E-state index contributed by atoms with van der Waals surface area (Å²) in [4.78, 5) is 4.48. The van der Waals surface area contributed by atoms with Gasteiger partial charge in [0.25, 0.3) is 0 Å². The van der Waals surface area contributed by atoms with Gasteiger partial charge in [-0.15, -0.1) is 0 Å². The van der Waals surface area contributed by atoms with Crippen molar-refractivity contribution in [2.75, 3.05) is 0 Å². The van der Waals surface area contributed by atoms with Crippen molar-refractivity contribution in [2.45, 2.75) is 40.4 Å². The van der Waals surface area contributed by atoms with Gasteiger partial charge in [0, 0.05) is 25.3 Å². The lowest BCUT2D eigenvalue weighted by Crippen LogP contribution is -2.17. The van der Waals surface area contributed by atoms with Crippen molar-refractivity contribution in [1.82, 2.24) is 20.1 Å². The molecule has 0 aliphatic heterocycles. The monoisotopic (exact) mass is 322 g/mol. The van der Waals surface area contributed by atoms with E-state index in [0.29, 0.717) is 0 Å². The van der Waals surface area contributed by atoms with Gasteiger partial charge in [0.1, 0.15) is 0 Å². The van der Waals surface area contributed by atoms with Gasteiger partial charge in [0.05, 0.1) is 21.6 Å². The van der Waals surface area contributed by atoms with E-state index in [1.807, 2.05) is 36.7 Å². The number of hydrogen-bond donors (Lipinski definition) is 1. The molecule has 0 aliphatic rings. The summed E-state index contributed by atoms with van der Waals surface area (Å²) in [5, 5.41) is 7.90. The van der Waals surface area contributed by atoms with E-state index in [2.05, 4.69) is 38.3 Å². The molecule has 2 aromatic rings. The van der Waals surface area contributed by atoms with Gasteiger partial charge in [-0.1, -0.05) is 6.07 Å². The topological polar surface area (TPSA) is 42.7 Å². The molecular weight excluding hydrogens is 304 g/mol. The molecule has 0 aromatic carbocycles. The van der Waals surface area contributed by atoms with Crippen LogP contribution in [0.2, 0.25) is 0 Å². The zero-order chi connectivity index (χ0) is 13.8. The fourth-order valence-electron chi connectivity index (χ4n) is 2.04. The minimum absolute atomic E-state index is 0.766. The van der Waals surface area contributed by atoms with Gasteiger partial charge in [-0.25, -0.2) is 0 Å². The Balaban J connectivity index is 1.99. The second-order valence-corrected chi connectivity index (χ2v) is 5.33. The van der Waals surface area contributed by atoms with Gasteiger partial charge in [-0.05, 0) is 48.8 Å². The Hall–Kier alpha value is -1.20. The number of rotatable bonds is 5.